The summed E-state index contributed by atoms with van der Waals surface area (Å²) in [5, 5.41) is 9.97. The molecule has 0 saturated heterocycles. The van der Waals surface area contributed by atoms with Gasteiger partial charge < -0.3 is 4.74 Å². The molecule has 2 heterocycles. The zero-order valence-corrected chi connectivity index (χ0v) is 14.3. The Hall–Kier alpha value is -3.18. The second-order valence-corrected chi connectivity index (χ2v) is 7.11. The number of hydrogen-bond acceptors (Lipinski definition) is 6. The molecule has 0 unspecified atom stereocenters. The third-order valence-electron chi connectivity index (χ3n) is 3.54. The van der Waals surface area contributed by atoms with E-state index in [1.807, 2.05) is 12.1 Å². The van der Waals surface area contributed by atoms with Gasteiger partial charge in [-0.2, -0.15) is 5.26 Å². The lowest BCUT2D eigenvalue weighted by Crippen LogP contribution is -2.11. The maximum Gasteiger partial charge on any atom is 0.238 e. The maximum absolute atomic E-state index is 11.5. The third-order valence-corrected chi connectivity index (χ3v) is 4.13. The van der Waals surface area contributed by atoms with E-state index in [1.165, 1.54) is 7.11 Å². The van der Waals surface area contributed by atoms with Gasteiger partial charge >= 0.3 is 0 Å². The fourth-order valence-electron chi connectivity index (χ4n) is 2.47. The van der Waals surface area contributed by atoms with E-state index in [0.29, 0.717) is 16.6 Å². The predicted molar refractivity (Wildman–Crippen MR) is 94.7 cm³/mol. The number of pyridine rings is 2. The van der Waals surface area contributed by atoms with Gasteiger partial charge in [-0.15, -0.1) is 0 Å². The minimum absolute atomic E-state index is 0.175. The van der Waals surface area contributed by atoms with Crippen molar-refractivity contribution >= 4 is 26.6 Å². The van der Waals surface area contributed by atoms with Crippen LogP contribution in [0.1, 0.15) is 5.56 Å². The summed E-state index contributed by atoms with van der Waals surface area (Å²) in [6, 6.07) is 10.9. The summed E-state index contributed by atoms with van der Waals surface area (Å²) in [5.41, 5.74) is 2.93. The summed E-state index contributed by atoms with van der Waals surface area (Å²) >= 11 is 0. The molecule has 0 spiro atoms. The molecule has 1 aromatic carbocycles. The molecule has 0 aliphatic heterocycles. The van der Waals surface area contributed by atoms with Crippen LogP contribution in [0.15, 0.2) is 42.7 Å². The first-order valence-corrected chi connectivity index (χ1v) is 9.11. The van der Waals surface area contributed by atoms with Crippen LogP contribution in [0, 0.1) is 11.3 Å². The highest BCUT2D eigenvalue weighted by molar-refractivity contribution is 7.92. The van der Waals surface area contributed by atoms with Gasteiger partial charge in [-0.3, -0.25) is 9.71 Å². The molecule has 0 fully saturated rings. The van der Waals surface area contributed by atoms with Crippen LogP contribution >= 0.6 is 0 Å². The largest absolute Gasteiger partial charge is 0.480 e. The fourth-order valence-corrected chi connectivity index (χ4v) is 3.01. The molecule has 2 aromatic heterocycles. The normalized spacial score (nSPS) is 11.1. The van der Waals surface area contributed by atoms with Crippen LogP contribution in [0.5, 0.6) is 5.88 Å². The summed E-state index contributed by atoms with van der Waals surface area (Å²) in [4.78, 5) is 8.39. The van der Waals surface area contributed by atoms with Crippen LogP contribution in [0.25, 0.3) is 22.0 Å². The summed E-state index contributed by atoms with van der Waals surface area (Å²) < 4.78 is 30.6. The van der Waals surface area contributed by atoms with Crippen LogP contribution in [-0.4, -0.2) is 31.8 Å². The molecule has 3 aromatic rings. The number of rotatable bonds is 4. The van der Waals surface area contributed by atoms with Crippen molar-refractivity contribution < 1.29 is 13.2 Å². The van der Waals surface area contributed by atoms with Gasteiger partial charge in [-0.1, -0.05) is 6.07 Å². The van der Waals surface area contributed by atoms with Gasteiger partial charge in [0.25, 0.3) is 0 Å². The number of fused-ring (bicyclic) bond motifs is 1. The predicted octanol–water partition coefficient (Wildman–Crippen LogP) is 2.55. The molecule has 0 aliphatic rings. The monoisotopic (exact) mass is 354 g/mol. The fraction of sp³-hybridized carbons (Fsp3) is 0.118. The standard InChI is InChI=1S/C17H14N4O3S/c1-24-17-16(21-25(2,22)23)8-13(10-20-17)11-3-4-15-14(7-11)12(9-18)5-6-19-15/h3-8,10,21H,1-2H3. The Morgan fingerprint density at radius 3 is 2.64 bits per heavy atom. The van der Waals surface area contributed by atoms with E-state index in [2.05, 4.69) is 20.8 Å². The molecule has 8 heteroatoms. The van der Waals surface area contributed by atoms with Crippen molar-refractivity contribution in [2.75, 3.05) is 18.1 Å². The number of nitriles is 1. The molecule has 0 bridgehead atoms. The van der Waals surface area contributed by atoms with Crippen LogP contribution in [-0.2, 0) is 10.0 Å². The number of benzene rings is 1. The van der Waals surface area contributed by atoms with E-state index in [0.717, 1.165) is 17.2 Å². The average molecular weight is 354 g/mol. The van der Waals surface area contributed by atoms with E-state index in [1.54, 1.807) is 30.6 Å². The smallest absolute Gasteiger partial charge is 0.238 e. The number of hydrogen-bond donors (Lipinski definition) is 1. The van der Waals surface area contributed by atoms with E-state index in [-0.39, 0.29) is 11.6 Å². The van der Waals surface area contributed by atoms with Gasteiger partial charge in [0.05, 0.1) is 30.5 Å². The molecule has 1 N–H and O–H groups in total. The van der Waals surface area contributed by atoms with Gasteiger partial charge in [0.15, 0.2) is 0 Å². The van der Waals surface area contributed by atoms with Crippen LogP contribution in [0.3, 0.4) is 0 Å². The first-order chi connectivity index (χ1) is 11.9. The van der Waals surface area contributed by atoms with Gasteiger partial charge in [-0.25, -0.2) is 13.4 Å². The Kier molecular flexibility index (Phi) is 4.25. The number of anilines is 1. The lowest BCUT2D eigenvalue weighted by molar-refractivity contribution is 0.400. The van der Waals surface area contributed by atoms with E-state index in [9.17, 15) is 13.7 Å². The highest BCUT2D eigenvalue weighted by Gasteiger charge is 2.12. The number of sulfonamides is 1. The summed E-state index contributed by atoms with van der Waals surface area (Å²) in [6.45, 7) is 0. The number of methoxy groups -OCH3 is 1. The number of nitrogens with one attached hydrogen (secondary N) is 1. The first-order valence-electron chi connectivity index (χ1n) is 7.22. The highest BCUT2D eigenvalue weighted by Crippen LogP contribution is 2.30. The number of aromatic nitrogens is 2. The Labute approximate surface area is 145 Å². The molecule has 0 saturated carbocycles. The summed E-state index contributed by atoms with van der Waals surface area (Å²) in [6.07, 6.45) is 4.22. The second kappa shape index (κ2) is 6.37. The van der Waals surface area contributed by atoms with Crippen molar-refractivity contribution in [3.63, 3.8) is 0 Å². The molecular weight excluding hydrogens is 340 g/mol. The Bertz CT molecular complexity index is 1100. The number of ether oxygens (including phenoxy) is 1. The van der Waals surface area contributed by atoms with Crippen molar-refractivity contribution in [3.05, 3.63) is 48.3 Å². The van der Waals surface area contributed by atoms with Gasteiger partial charge in [0, 0.05) is 23.3 Å². The zero-order chi connectivity index (χ0) is 18.0. The van der Waals surface area contributed by atoms with Gasteiger partial charge in [0.2, 0.25) is 15.9 Å². The molecule has 0 aliphatic carbocycles. The lowest BCUT2D eigenvalue weighted by Gasteiger charge is -2.11. The Morgan fingerprint density at radius 1 is 1.16 bits per heavy atom. The minimum atomic E-state index is -3.48. The molecule has 3 rings (SSSR count). The molecule has 126 valence electrons. The van der Waals surface area contributed by atoms with Crippen LogP contribution < -0.4 is 9.46 Å². The molecule has 7 nitrogen and oxygen atoms in total. The Balaban J connectivity index is 2.15. The SMILES string of the molecule is COc1ncc(-c2ccc3nccc(C#N)c3c2)cc1NS(C)(=O)=O. The third kappa shape index (κ3) is 3.51. The van der Waals surface area contributed by atoms with Crippen molar-refractivity contribution in [1.82, 2.24) is 9.97 Å². The van der Waals surface area contributed by atoms with E-state index < -0.39 is 10.0 Å². The van der Waals surface area contributed by atoms with E-state index in [4.69, 9.17) is 4.74 Å². The van der Waals surface area contributed by atoms with Crippen molar-refractivity contribution in [3.8, 4) is 23.1 Å². The quantitative estimate of drug-likeness (QED) is 0.772. The minimum Gasteiger partial charge on any atom is -0.480 e. The van der Waals surface area contributed by atoms with E-state index >= 15 is 0 Å². The van der Waals surface area contributed by atoms with Crippen molar-refractivity contribution in [1.29, 1.82) is 5.26 Å². The van der Waals surface area contributed by atoms with Crippen LogP contribution in [0.2, 0.25) is 0 Å². The molecular formula is C17H14N4O3S. The molecule has 0 amide bonds. The first kappa shape index (κ1) is 16.7. The van der Waals surface area contributed by atoms with Crippen molar-refractivity contribution in [2.24, 2.45) is 0 Å². The molecule has 25 heavy (non-hydrogen) atoms. The maximum atomic E-state index is 11.5. The van der Waals surface area contributed by atoms with Crippen molar-refractivity contribution in [2.45, 2.75) is 0 Å². The second-order valence-electron chi connectivity index (χ2n) is 5.36. The lowest BCUT2D eigenvalue weighted by atomic mass is 10.0. The Morgan fingerprint density at radius 2 is 1.96 bits per heavy atom. The van der Waals surface area contributed by atoms with Gasteiger partial charge in [-0.05, 0) is 29.8 Å². The average Bonchev–Trinajstić information content (AvgIpc) is 2.59. The zero-order valence-electron chi connectivity index (χ0n) is 13.5. The van der Waals surface area contributed by atoms with Crippen LogP contribution in [0.4, 0.5) is 5.69 Å². The highest BCUT2D eigenvalue weighted by atomic mass is 32.2. The van der Waals surface area contributed by atoms with Gasteiger partial charge in [0.1, 0.15) is 5.69 Å². The molecule has 0 radical (unpaired) electrons. The summed E-state index contributed by atoms with van der Waals surface area (Å²) in [5.74, 6) is 0.175. The molecule has 0 atom stereocenters. The summed E-state index contributed by atoms with van der Waals surface area (Å²) in [7, 11) is -2.06. The topological polar surface area (TPSA) is 105 Å². The number of nitrogens with zero attached hydrogens (tertiary/aromatic N) is 3.